The molecule has 0 aromatic heterocycles. The largest absolute Gasteiger partial charge is 0.552 e. The molecule has 1 rings (SSSR count). The van der Waals surface area contributed by atoms with Crippen LogP contribution in [0, 0.1) is 0 Å². The third kappa shape index (κ3) is 1.23. The molecule has 1 aromatic rings. The molecule has 0 saturated heterocycles. The van der Waals surface area contributed by atoms with Crippen molar-refractivity contribution in [2.75, 3.05) is 5.73 Å². The van der Waals surface area contributed by atoms with Gasteiger partial charge in [0.15, 0.2) is 0 Å². The molecule has 2 N–H and O–H groups in total. The zero-order valence-electron chi connectivity index (χ0n) is 5.29. The standard InChI is InChI=1S/C6H9NOSi/c7-5-3-1-2-4-6(5)8-9/h1-4H,7H2,9H3. The Bertz CT molecular complexity index is 202. The van der Waals surface area contributed by atoms with Crippen LogP contribution in [0.4, 0.5) is 5.69 Å². The summed E-state index contributed by atoms with van der Waals surface area (Å²) in [6, 6.07) is 7.48. The highest BCUT2D eigenvalue weighted by atomic mass is 28.2. The van der Waals surface area contributed by atoms with Gasteiger partial charge in [0.05, 0.1) is 5.69 Å². The van der Waals surface area contributed by atoms with Gasteiger partial charge in [0.25, 0.3) is 0 Å². The maximum Gasteiger partial charge on any atom is 0.204 e. The first-order chi connectivity index (χ1) is 4.34. The minimum absolute atomic E-state index is 0.695. The van der Waals surface area contributed by atoms with E-state index < -0.39 is 0 Å². The molecule has 2 nitrogen and oxygen atoms in total. The summed E-state index contributed by atoms with van der Waals surface area (Å²) in [7, 11) is 0.695. The molecule has 0 saturated carbocycles. The lowest BCUT2D eigenvalue weighted by Gasteiger charge is -2.01. The average molecular weight is 139 g/mol. The molecule has 1 aromatic carbocycles. The number of anilines is 1. The molecule has 0 spiro atoms. The fourth-order valence-electron chi connectivity index (χ4n) is 0.666. The summed E-state index contributed by atoms with van der Waals surface area (Å²) in [6.45, 7) is 0. The summed E-state index contributed by atoms with van der Waals surface area (Å²) in [5, 5.41) is 0. The van der Waals surface area contributed by atoms with Gasteiger partial charge in [-0.25, -0.2) is 0 Å². The van der Waals surface area contributed by atoms with E-state index in [0.29, 0.717) is 16.2 Å². The van der Waals surface area contributed by atoms with Gasteiger partial charge in [-0.1, -0.05) is 12.1 Å². The Hall–Kier alpha value is -0.963. The van der Waals surface area contributed by atoms with Crippen LogP contribution < -0.4 is 10.2 Å². The van der Waals surface area contributed by atoms with Crippen molar-refractivity contribution >= 4 is 16.2 Å². The molecule has 48 valence electrons. The number of para-hydroxylation sites is 2. The second-order valence-corrected chi connectivity index (χ2v) is 2.15. The summed E-state index contributed by atoms with van der Waals surface area (Å²) >= 11 is 0. The van der Waals surface area contributed by atoms with Crippen LogP contribution in [-0.4, -0.2) is 10.5 Å². The van der Waals surface area contributed by atoms with Crippen LogP contribution in [0.1, 0.15) is 0 Å². The van der Waals surface area contributed by atoms with E-state index in [9.17, 15) is 0 Å². The summed E-state index contributed by atoms with van der Waals surface area (Å²) in [5.74, 6) is 0.796. The number of nitrogen functional groups attached to an aromatic ring is 1. The van der Waals surface area contributed by atoms with E-state index in [1.807, 2.05) is 24.3 Å². The molecule has 3 heteroatoms. The second-order valence-electron chi connectivity index (χ2n) is 1.74. The second kappa shape index (κ2) is 2.55. The Morgan fingerprint density at radius 3 is 2.44 bits per heavy atom. The van der Waals surface area contributed by atoms with Gasteiger partial charge in [0.1, 0.15) is 5.75 Å². The van der Waals surface area contributed by atoms with Crippen molar-refractivity contribution in [1.29, 1.82) is 0 Å². The summed E-state index contributed by atoms with van der Waals surface area (Å²) in [5.41, 5.74) is 6.24. The highest BCUT2D eigenvalue weighted by Gasteiger charge is 1.91. The number of rotatable bonds is 1. The van der Waals surface area contributed by atoms with E-state index in [2.05, 4.69) is 0 Å². The number of benzene rings is 1. The van der Waals surface area contributed by atoms with Crippen LogP contribution in [0.5, 0.6) is 5.75 Å². The lowest BCUT2D eigenvalue weighted by Crippen LogP contribution is -1.91. The average Bonchev–Trinajstić information content (AvgIpc) is 1.89. The Morgan fingerprint density at radius 2 is 2.00 bits per heavy atom. The first-order valence-electron chi connectivity index (χ1n) is 2.73. The molecule has 0 bridgehead atoms. The predicted molar refractivity (Wildman–Crippen MR) is 41.4 cm³/mol. The van der Waals surface area contributed by atoms with Crippen molar-refractivity contribution in [3.05, 3.63) is 24.3 Å². The van der Waals surface area contributed by atoms with Crippen LogP contribution in [0.3, 0.4) is 0 Å². The molecule has 0 aliphatic carbocycles. The smallest absolute Gasteiger partial charge is 0.204 e. The molecule has 0 atom stereocenters. The van der Waals surface area contributed by atoms with Gasteiger partial charge >= 0.3 is 0 Å². The van der Waals surface area contributed by atoms with Crippen molar-refractivity contribution in [1.82, 2.24) is 0 Å². The molecule has 0 unspecified atom stereocenters. The Balaban J connectivity index is 3.01. The Morgan fingerprint density at radius 1 is 1.33 bits per heavy atom. The first kappa shape index (κ1) is 6.16. The van der Waals surface area contributed by atoms with E-state index >= 15 is 0 Å². The molecular formula is C6H9NOSi. The molecule has 9 heavy (non-hydrogen) atoms. The molecular weight excluding hydrogens is 130 g/mol. The van der Waals surface area contributed by atoms with Gasteiger partial charge < -0.3 is 10.2 Å². The SMILES string of the molecule is Nc1ccccc1O[SiH3]. The third-order valence-corrected chi connectivity index (χ3v) is 1.58. The fourth-order valence-corrected chi connectivity index (χ4v) is 1.04. The van der Waals surface area contributed by atoms with Gasteiger partial charge in [0.2, 0.25) is 10.5 Å². The minimum atomic E-state index is 0.695. The summed E-state index contributed by atoms with van der Waals surface area (Å²) in [6.07, 6.45) is 0. The van der Waals surface area contributed by atoms with Gasteiger partial charge in [-0.05, 0) is 12.1 Å². The van der Waals surface area contributed by atoms with E-state index in [0.717, 1.165) is 5.75 Å². The zero-order chi connectivity index (χ0) is 6.69. The molecule has 0 aliphatic rings. The monoisotopic (exact) mass is 139 g/mol. The number of hydrogen-bond donors (Lipinski definition) is 1. The van der Waals surface area contributed by atoms with Crippen LogP contribution in [0.15, 0.2) is 24.3 Å². The third-order valence-electron chi connectivity index (χ3n) is 1.14. The van der Waals surface area contributed by atoms with Crippen molar-refractivity contribution in [2.24, 2.45) is 0 Å². The van der Waals surface area contributed by atoms with Gasteiger partial charge in [-0.3, -0.25) is 0 Å². The Kier molecular flexibility index (Phi) is 1.74. The van der Waals surface area contributed by atoms with Gasteiger partial charge in [-0.2, -0.15) is 0 Å². The lowest BCUT2D eigenvalue weighted by atomic mass is 10.3. The van der Waals surface area contributed by atoms with Crippen molar-refractivity contribution in [3.63, 3.8) is 0 Å². The maximum atomic E-state index is 5.53. The van der Waals surface area contributed by atoms with Crippen molar-refractivity contribution in [3.8, 4) is 5.75 Å². The number of hydrogen-bond acceptors (Lipinski definition) is 2. The van der Waals surface area contributed by atoms with E-state index in [-0.39, 0.29) is 0 Å². The van der Waals surface area contributed by atoms with Crippen LogP contribution >= 0.6 is 0 Å². The van der Waals surface area contributed by atoms with Gasteiger partial charge in [0, 0.05) is 0 Å². The highest BCUT2D eigenvalue weighted by Crippen LogP contribution is 2.17. The predicted octanol–water partition coefficient (Wildman–Crippen LogP) is -0.0720. The van der Waals surface area contributed by atoms with Crippen molar-refractivity contribution < 1.29 is 4.43 Å². The molecule has 0 aliphatic heterocycles. The quantitative estimate of drug-likeness (QED) is 0.436. The van der Waals surface area contributed by atoms with Crippen LogP contribution in [-0.2, 0) is 0 Å². The molecule has 0 heterocycles. The molecule has 0 fully saturated rings. The topological polar surface area (TPSA) is 35.2 Å². The first-order valence-corrected chi connectivity index (χ1v) is 3.54. The van der Waals surface area contributed by atoms with Crippen LogP contribution in [0.2, 0.25) is 0 Å². The minimum Gasteiger partial charge on any atom is -0.552 e. The molecule has 0 radical (unpaired) electrons. The summed E-state index contributed by atoms with van der Waals surface area (Å²) < 4.78 is 5.06. The van der Waals surface area contributed by atoms with Crippen LogP contribution in [0.25, 0.3) is 0 Å². The van der Waals surface area contributed by atoms with E-state index in [1.54, 1.807) is 0 Å². The maximum absolute atomic E-state index is 5.53. The van der Waals surface area contributed by atoms with E-state index in [1.165, 1.54) is 0 Å². The number of nitrogens with two attached hydrogens (primary N) is 1. The van der Waals surface area contributed by atoms with Gasteiger partial charge in [-0.15, -0.1) is 0 Å². The van der Waals surface area contributed by atoms with E-state index in [4.69, 9.17) is 10.2 Å². The normalized spacial score (nSPS) is 9.33. The summed E-state index contributed by atoms with van der Waals surface area (Å²) in [4.78, 5) is 0. The zero-order valence-corrected chi connectivity index (χ0v) is 7.29. The fraction of sp³-hybridized carbons (Fsp3) is 0. The van der Waals surface area contributed by atoms with Crippen molar-refractivity contribution in [2.45, 2.75) is 0 Å². The Labute approximate surface area is 57.2 Å². The highest BCUT2D eigenvalue weighted by molar-refractivity contribution is 6.00. The lowest BCUT2D eigenvalue weighted by molar-refractivity contribution is 0.619. The molecule has 0 amide bonds.